The van der Waals surface area contributed by atoms with E-state index < -0.39 is 16.1 Å². The van der Waals surface area contributed by atoms with E-state index in [2.05, 4.69) is 0 Å². The van der Waals surface area contributed by atoms with E-state index in [1.165, 1.54) is 4.31 Å². The fourth-order valence-electron chi connectivity index (χ4n) is 3.17. The number of hydrogen-bond acceptors (Lipinski definition) is 6. The molecule has 1 aromatic carbocycles. The Morgan fingerprint density at radius 3 is 2.41 bits per heavy atom. The number of quaternary nitrogens is 1. The molecular weight excluding hydrogens is 374 g/mol. The van der Waals surface area contributed by atoms with E-state index in [9.17, 15) is 18.0 Å². The molecule has 2 amide bonds. The lowest BCUT2D eigenvalue weighted by Gasteiger charge is -2.31. The van der Waals surface area contributed by atoms with Gasteiger partial charge in [0.1, 0.15) is 12.4 Å². The first-order chi connectivity index (χ1) is 12.9. The average molecular weight is 398 g/mol. The van der Waals surface area contributed by atoms with E-state index in [0.29, 0.717) is 38.5 Å². The smallest absolute Gasteiger partial charge is 0.416 e. The fourth-order valence-corrected chi connectivity index (χ4v) is 4.61. The Morgan fingerprint density at radius 1 is 1.19 bits per heavy atom. The second kappa shape index (κ2) is 8.24. The average Bonchev–Trinajstić information content (AvgIpc) is 3.09. The lowest BCUT2D eigenvalue weighted by Crippen LogP contribution is -3.15. The van der Waals surface area contributed by atoms with Crippen LogP contribution in [-0.4, -0.2) is 82.1 Å². The maximum absolute atomic E-state index is 12.8. The van der Waals surface area contributed by atoms with Gasteiger partial charge in [-0.05, 0) is 31.2 Å². The van der Waals surface area contributed by atoms with Crippen LogP contribution < -0.4 is 9.64 Å². The summed E-state index contributed by atoms with van der Waals surface area (Å²) in [7, 11) is -3.58. The van der Waals surface area contributed by atoms with Crippen molar-refractivity contribution in [1.82, 2.24) is 9.21 Å². The van der Waals surface area contributed by atoms with E-state index in [0.717, 1.165) is 9.80 Å². The molecule has 0 spiro atoms. The highest BCUT2D eigenvalue weighted by Crippen LogP contribution is 2.19. The second-order valence-corrected chi connectivity index (χ2v) is 8.33. The molecule has 0 aliphatic carbocycles. The molecule has 10 heteroatoms. The number of carbonyl (C=O) groups is 2. The van der Waals surface area contributed by atoms with Crippen molar-refractivity contribution in [1.29, 1.82) is 0 Å². The largest absolute Gasteiger partial charge is 0.494 e. The third kappa shape index (κ3) is 4.40. The van der Waals surface area contributed by atoms with E-state index >= 15 is 0 Å². The van der Waals surface area contributed by atoms with Gasteiger partial charge in [-0.15, -0.1) is 0 Å². The van der Waals surface area contributed by atoms with E-state index in [1.54, 1.807) is 24.3 Å². The molecule has 9 nitrogen and oxygen atoms in total. The zero-order valence-electron chi connectivity index (χ0n) is 15.2. The predicted molar refractivity (Wildman–Crippen MR) is 95.0 cm³/mol. The molecule has 3 rings (SSSR count). The maximum atomic E-state index is 12.8. The van der Waals surface area contributed by atoms with Crippen molar-refractivity contribution in [3.8, 4) is 5.75 Å². The van der Waals surface area contributed by atoms with Crippen molar-refractivity contribution in [2.75, 3.05) is 52.5 Å². The summed E-state index contributed by atoms with van der Waals surface area (Å²) in [5.74, 6) is 0.347. The minimum Gasteiger partial charge on any atom is -0.494 e. The lowest BCUT2D eigenvalue weighted by atomic mass is 10.3. The molecule has 0 radical (unpaired) electrons. The summed E-state index contributed by atoms with van der Waals surface area (Å²) in [5.41, 5.74) is 0. The molecule has 27 heavy (non-hydrogen) atoms. The Bertz CT molecular complexity index is 787. The summed E-state index contributed by atoms with van der Waals surface area (Å²) >= 11 is 0. The minimum absolute atomic E-state index is 0.159. The van der Waals surface area contributed by atoms with Gasteiger partial charge in [0.05, 0.1) is 44.2 Å². The second-order valence-electron chi connectivity index (χ2n) is 6.40. The van der Waals surface area contributed by atoms with Crippen molar-refractivity contribution in [3.05, 3.63) is 24.3 Å². The summed E-state index contributed by atoms with van der Waals surface area (Å²) in [6.45, 7) is 4.71. The summed E-state index contributed by atoms with van der Waals surface area (Å²) in [6.07, 6.45) is -0.601. The van der Waals surface area contributed by atoms with Gasteiger partial charge in [0, 0.05) is 0 Å². The van der Waals surface area contributed by atoms with Crippen LogP contribution in [0.1, 0.15) is 6.92 Å². The molecule has 0 atom stereocenters. The Kier molecular flexibility index (Phi) is 5.98. The third-order valence-corrected chi connectivity index (χ3v) is 6.58. The van der Waals surface area contributed by atoms with Crippen LogP contribution in [0.4, 0.5) is 4.79 Å². The van der Waals surface area contributed by atoms with Crippen LogP contribution >= 0.6 is 0 Å². The van der Waals surface area contributed by atoms with Gasteiger partial charge in [-0.1, -0.05) is 0 Å². The third-order valence-electron chi connectivity index (χ3n) is 4.67. The Balaban J connectivity index is 1.56. The summed E-state index contributed by atoms with van der Waals surface area (Å²) in [6, 6.07) is 6.38. The van der Waals surface area contributed by atoms with Gasteiger partial charge in [0.25, 0.3) is 5.91 Å². The Hall–Kier alpha value is -2.17. The van der Waals surface area contributed by atoms with Crippen molar-refractivity contribution in [2.24, 2.45) is 0 Å². The van der Waals surface area contributed by atoms with Gasteiger partial charge in [-0.25, -0.2) is 18.1 Å². The SMILES string of the molecule is CCOc1ccc(S(=O)(=O)N2CC[NH+](CC(=O)N3CCOC3=O)CC2)cc1. The van der Waals surface area contributed by atoms with Crippen LogP contribution in [0, 0.1) is 0 Å². The Labute approximate surface area is 158 Å². The number of hydrogen-bond donors (Lipinski definition) is 1. The van der Waals surface area contributed by atoms with E-state index in [-0.39, 0.29) is 30.5 Å². The van der Waals surface area contributed by atoms with Gasteiger partial charge < -0.3 is 14.4 Å². The number of sulfonamides is 1. The molecule has 1 N–H and O–H groups in total. The van der Waals surface area contributed by atoms with Crippen LogP contribution in [-0.2, 0) is 19.6 Å². The van der Waals surface area contributed by atoms with Crippen LogP contribution in [0.3, 0.4) is 0 Å². The molecule has 2 fully saturated rings. The molecule has 1 aromatic rings. The molecule has 0 unspecified atom stereocenters. The first-order valence-corrected chi connectivity index (χ1v) is 10.4. The number of rotatable bonds is 6. The molecule has 2 heterocycles. The van der Waals surface area contributed by atoms with Crippen molar-refractivity contribution in [3.63, 3.8) is 0 Å². The van der Waals surface area contributed by atoms with E-state index in [4.69, 9.17) is 9.47 Å². The number of ether oxygens (including phenoxy) is 2. The number of nitrogens with one attached hydrogen (secondary N) is 1. The summed E-state index contributed by atoms with van der Waals surface area (Å²) < 4.78 is 37.1. The molecule has 0 bridgehead atoms. The summed E-state index contributed by atoms with van der Waals surface area (Å²) in [4.78, 5) is 25.9. The highest BCUT2D eigenvalue weighted by Gasteiger charge is 2.34. The van der Waals surface area contributed by atoms with Crippen LogP contribution in [0.5, 0.6) is 5.75 Å². The fraction of sp³-hybridized carbons (Fsp3) is 0.529. The molecule has 2 aliphatic rings. The maximum Gasteiger partial charge on any atom is 0.416 e. The van der Waals surface area contributed by atoms with Crippen LogP contribution in [0.25, 0.3) is 0 Å². The van der Waals surface area contributed by atoms with Crippen molar-refractivity contribution in [2.45, 2.75) is 11.8 Å². The number of amides is 2. The molecule has 0 saturated carbocycles. The van der Waals surface area contributed by atoms with Crippen LogP contribution in [0.15, 0.2) is 29.2 Å². The number of cyclic esters (lactones) is 1. The standard InChI is InChI=1S/C17H23N3O6S/c1-2-25-14-3-5-15(6-4-14)27(23,24)19-9-7-18(8-10-19)13-16(21)20-11-12-26-17(20)22/h3-6H,2,7-13H2,1H3/p+1. The summed E-state index contributed by atoms with van der Waals surface area (Å²) in [5, 5.41) is 0. The number of imide groups is 1. The predicted octanol–water partition coefficient (Wildman–Crippen LogP) is -1.05. The highest BCUT2D eigenvalue weighted by atomic mass is 32.2. The van der Waals surface area contributed by atoms with Gasteiger partial charge >= 0.3 is 6.09 Å². The first kappa shape index (κ1) is 19.6. The zero-order valence-corrected chi connectivity index (χ0v) is 16.0. The Morgan fingerprint density at radius 2 is 1.85 bits per heavy atom. The normalized spacial score (nSPS) is 19.1. The number of nitrogens with zero attached hydrogens (tertiary/aromatic N) is 2. The molecule has 0 aromatic heterocycles. The van der Waals surface area contributed by atoms with Crippen molar-refractivity contribution >= 4 is 22.0 Å². The lowest BCUT2D eigenvalue weighted by molar-refractivity contribution is -0.895. The van der Waals surface area contributed by atoms with Gasteiger partial charge in [-0.2, -0.15) is 4.31 Å². The van der Waals surface area contributed by atoms with E-state index in [1.807, 2.05) is 6.92 Å². The quantitative estimate of drug-likeness (QED) is 0.657. The monoisotopic (exact) mass is 398 g/mol. The number of carbonyl (C=O) groups excluding carboxylic acids is 2. The zero-order chi connectivity index (χ0) is 19.4. The molecule has 2 saturated heterocycles. The van der Waals surface area contributed by atoms with Gasteiger partial charge in [-0.3, -0.25) is 4.79 Å². The topological polar surface area (TPSA) is 97.7 Å². The number of piperazine rings is 1. The minimum atomic E-state index is -3.58. The van der Waals surface area contributed by atoms with Gasteiger partial charge in [0.15, 0.2) is 6.54 Å². The van der Waals surface area contributed by atoms with Gasteiger partial charge in [0.2, 0.25) is 10.0 Å². The number of benzene rings is 1. The molecule has 2 aliphatic heterocycles. The van der Waals surface area contributed by atoms with Crippen LogP contribution in [0.2, 0.25) is 0 Å². The highest BCUT2D eigenvalue weighted by molar-refractivity contribution is 7.89. The van der Waals surface area contributed by atoms with Crippen molar-refractivity contribution < 1.29 is 32.4 Å². The molecule has 148 valence electrons. The first-order valence-electron chi connectivity index (χ1n) is 8.95. The molecular formula is C17H24N3O6S+.